The van der Waals surface area contributed by atoms with Gasteiger partial charge in [-0.15, -0.1) is 11.3 Å². The Hall–Kier alpha value is -2.37. The molecule has 24 heavy (non-hydrogen) atoms. The number of hydrogen-bond donors (Lipinski definition) is 2. The molecule has 4 nitrogen and oxygen atoms in total. The van der Waals surface area contributed by atoms with E-state index in [0.29, 0.717) is 15.8 Å². The van der Waals surface area contributed by atoms with E-state index in [0.717, 1.165) is 16.8 Å². The van der Waals surface area contributed by atoms with Gasteiger partial charge in [0.15, 0.2) is 5.13 Å². The van der Waals surface area contributed by atoms with E-state index in [2.05, 4.69) is 40.7 Å². The van der Waals surface area contributed by atoms with Gasteiger partial charge in [-0.3, -0.25) is 5.32 Å². The van der Waals surface area contributed by atoms with Crippen LogP contribution in [0.25, 0.3) is 11.3 Å². The first kappa shape index (κ1) is 16.5. The Morgan fingerprint density at radius 2 is 1.83 bits per heavy atom. The normalized spacial score (nSPS) is 10.5. The Morgan fingerprint density at radius 1 is 1.08 bits per heavy atom. The van der Waals surface area contributed by atoms with E-state index in [1.54, 1.807) is 24.3 Å². The molecule has 0 aliphatic carbocycles. The highest BCUT2D eigenvalue weighted by Gasteiger charge is 2.10. The van der Waals surface area contributed by atoms with E-state index in [4.69, 9.17) is 11.6 Å². The molecule has 122 valence electrons. The zero-order valence-electron chi connectivity index (χ0n) is 13.3. The van der Waals surface area contributed by atoms with Gasteiger partial charge in [-0.05, 0) is 49.7 Å². The summed E-state index contributed by atoms with van der Waals surface area (Å²) in [5.74, 6) is 0. The molecule has 0 bridgehead atoms. The van der Waals surface area contributed by atoms with E-state index < -0.39 is 0 Å². The molecule has 3 aromatic rings. The fraction of sp³-hybridized carbons (Fsp3) is 0.111. The van der Waals surface area contributed by atoms with Crippen LogP contribution in [0.4, 0.5) is 15.6 Å². The summed E-state index contributed by atoms with van der Waals surface area (Å²) in [6, 6.07) is 12.8. The summed E-state index contributed by atoms with van der Waals surface area (Å²) >= 11 is 7.22. The first-order valence-electron chi connectivity index (χ1n) is 7.38. The fourth-order valence-electron chi connectivity index (χ4n) is 2.26. The van der Waals surface area contributed by atoms with Crippen molar-refractivity contribution in [1.29, 1.82) is 0 Å². The van der Waals surface area contributed by atoms with Gasteiger partial charge < -0.3 is 5.32 Å². The zero-order chi connectivity index (χ0) is 17.1. The first-order valence-corrected chi connectivity index (χ1v) is 8.64. The summed E-state index contributed by atoms with van der Waals surface area (Å²) in [5.41, 5.74) is 4.95. The molecule has 0 aliphatic rings. The van der Waals surface area contributed by atoms with Crippen LogP contribution in [0, 0.1) is 13.8 Å². The van der Waals surface area contributed by atoms with E-state index in [9.17, 15) is 4.79 Å². The quantitative estimate of drug-likeness (QED) is 0.629. The monoisotopic (exact) mass is 357 g/mol. The average Bonchev–Trinajstić information content (AvgIpc) is 3.00. The van der Waals surface area contributed by atoms with Crippen LogP contribution >= 0.6 is 22.9 Å². The molecule has 0 radical (unpaired) electrons. The summed E-state index contributed by atoms with van der Waals surface area (Å²) in [6.45, 7) is 4.10. The van der Waals surface area contributed by atoms with Gasteiger partial charge in [0, 0.05) is 21.7 Å². The van der Waals surface area contributed by atoms with Crippen LogP contribution in [0.1, 0.15) is 11.1 Å². The molecular weight excluding hydrogens is 342 g/mol. The number of aryl methyl sites for hydroxylation is 2. The first-order chi connectivity index (χ1) is 11.5. The lowest BCUT2D eigenvalue weighted by Crippen LogP contribution is -2.19. The molecule has 0 unspecified atom stereocenters. The lowest BCUT2D eigenvalue weighted by molar-refractivity contribution is 0.262. The van der Waals surface area contributed by atoms with E-state index in [1.165, 1.54) is 16.9 Å². The second-order valence-electron chi connectivity index (χ2n) is 5.44. The molecule has 0 aliphatic heterocycles. The SMILES string of the molecule is Cc1ccc(C)c(-c2csc(NC(=O)Nc3ccc(Cl)cc3)n2)c1. The number of carbonyl (C=O) groups is 1. The molecule has 1 aromatic heterocycles. The van der Waals surface area contributed by atoms with Gasteiger partial charge in [0.1, 0.15) is 0 Å². The van der Waals surface area contributed by atoms with Crippen LogP contribution in [0.5, 0.6) is 0 Å². The maximum absolute atomic E-state index is 12.0. The highest BCUT2D eigenvalue weighted by molar-refractivity contribution is 7.14. The number of anilines is 2. The van der Waals surface area contributed by atoms with Crippen molar-refractivity contribution in [2.45, 2.75) is 13.8 Å². The van der Waals surface area contributed by atoms with Crippen LogP contribution < -0.4 is 10.6 Å². The van der Waals surface area contributed by atoms with Gasteiger partial charge in [0.05, 0.1) is 5.69 Å². The number of urea groups is 1. The maximum atomic E-state index is 12.0. The highest BCUT2D eigenvalue weighted by Crippen LogP contribution is 2.28. The third-order valence-electron chi connectivity index (χ3n) is 3.50. The van der Waals surface area contributed by atoms with Gasteiger partial charge in [-0.1, -0.05) is 29.3 Å². The van der Waals surface area contributed by atoms with Crippen LogP contribution in [0.2, 0.25) is 5.02 Å². The zero-order valence-corrected chi connectivity index (χ0v) is 14.8. The lowest BCUT2D eigenvalue weighted by Gasteiger charge is -2.06. The molecule has 0 fully saturated rings. The summed E-state index contributed by atoms with van der Waals surface area (Å²) in [7, 11) is 0. The van der Waals surface area contributed by atoms with Crippen LogP contribution in [0.3, 0.4) is 0 Å². The molecule has 2 amide bonds. The molecule has 0 atom stereocenters. The molecule has 2 N–H and O–H groups in total. The smallest absolute Gasteiger partial charge is 0.308 e. The van der Waals surface area contributed by atoms with Gasteiger partial charge >= 0.3 is 6.03 Å². The minimum Gasteiger partial charge on any atom is -0.308 e. The van der Waals surface area contributed by atoms with Crippen molar-refractivity contribution in [3.63, 3.8) is 0 Å². The Bertz CT molecular complexity index is 874. The highest BCUT2D eigenvalue weighted by atomic mass is 35.5. The van der Waals surface area contributed by atoms with Crippen molar-refractivity contribution < 1.29 is 4.79 Å². The number of aromatic nitrogens is 1. The van der Waals surface area contributed by atoms with Gasteiger partial charge in [0.2, 0.25) is 0 Å². The molecule has 6 heteroatoms. The minimum absolute atomic E-state index is 0.334. The summed E-state index contributed by atoms with van der Waals surface area (Å²) in [4.78, 5) is 16.5. The Labute approximate surface area is 149 Å². The second kappa shape index (κ2) is 7.03. The van der Waals surface area contributed by atoms with Crippen LogP contribution in [0.15, 0.2) is 47.8 Å². The number of thiazole rings is 1. The van der Waals surface area contributed by atoms with Crippen molar-refractivity contribution in [1.82, 2.24) is 4.98 Å². The minimum atomic E-state index is -0.334. The molecule has 0 spiro atoms. The molecular formula is C18H16ClN3OS. The number of carbonyl (C=O) groups excluding carboxylic acids is 1. The molecule has 2 aromatic carbocycles. The van der Waals surface area contributed by atoms with Gasteiger partial charge in [0.25, 0.3) is 0 Å². The Morgan fingerprint density at radius 3 is 2.58 bits per heavy atom. The van der Waals surface area contributed by atoms with Crippen molar-refractivity contribution in [2.24, 2.45) is 0 Å². The molecule has 1 heterocycles. The predicted octanol–water partition coefficient (Wildman–Crippen LogP) is 5.72. The number of amides is 2. The average molecular weight is 358 g/mol. The number of benzene rings is 2. The van der Waals surface area contributed by atoms with E-state index in [1.807, 2.05) is 12.3 Å². The topological polar surface area (TPSA) is 54.0 Å². The summed E-state index contributed by atoms with van der Waals surface area (Å²) < 4.78 is 0. The largest absolute Gasteiger partial charge is 0.325 e. The third kappa shape index (κ3) is 3.93. The van der Waals surface area contributed by atoms with Crippen molar-refractivity contribution in [3.05, 3.63) is 64.0 Å². The Balaban J connectivity index is 1.70. The van der Waals surface area contributed by atoms with Crippen LogP contribution in [-0.4, -0.2) is 11.0 Å². The fourth-order valence-corrected chi connectivity index (χ4v) is 3.09. The van der Waals surface area contributed by atoms with Crippen LogP contribution in [-0.2, 0) is 0 Å². The summed E-state index contributed by atoms with van der Waals surface area (Å²) in [5, 5.41) is 8.62. The standard InChI is InChI=1S/C18H16ClN3OS/c1-11-3-4-12(2)15(9-11)16-10-24-18(21-16)22-17(23)20-14-7-5-13(19)6-8-14/h3-10H,1-2H3,(H2,20,21,22,23). The number of nitrogens with one attached hydrogen (secondary N) is 2. The second-order valence-corrected chi connectivity index (χ2v) is 6.74. The summed E-state index contributed by atoms with van der Waals surface area (Å²) in [6.07, 6.45) is 0. The molecule has 0 saturated carbocycles. The van der Waals surface area contributed by atoms with Gasteiger partial charge in [-0.25, -0.2) is 9.78 Å². The number of hydrogen-bond acceptors (Lipinski definition) is 3. The van der Waals surface area contributed by atoms with E-state index in [-0.39, 0.29) is 6.03 Å². The van der Waals surface area contributed by atoms with E-state index >= 15 is 0 Å². The lowest BCUT2D eigenvalue weighted by atomic mass is 10.0. The van der Waals surface area contributed by atoms with Crippen molar-refractivity contribution in [2.75, 3.05) is 10.6 Å². The number of halogens is 1. The van der Waals surface area contributed by atoms with Crippen molar-refractivity contribution in [3.8, 4) is 11.3 Å². The predicted molar refractivity (Wildman–Crippen MR) is 101 cm³/mol. The number of rotatable bonds is 3. The van der Waals surface area contributed by atoms with Gasteiger partial charge in [-0.2, -0.15) is 0 Å². The van der Waals surface area contributed by atoms with Crippen molar-refractivity contribution >= 4 is 39.8 Å². The number of nitrogens with zero attached hydrogens (tertiary/aromatic N) is 1. The molecule has 3 rings (SSSR count). The molecule has 0 saturated heterocycles. The third-order valence-corrected chi connectivity index (χ3v) is 4.51. The Kier molecular flexibility index (Phi) is 4.83. The maximum Gasteiger partial charge on any atom is 0.325 e.